The van der Waals surface area contributed by atoms with Gasteiger partial charge in [-0.05, 0) is 38.4 Å². The van der Waals surface area contributed by atoms with E-state index in [-0.39, 0.29) is 29.6 Å². The maximum atomic E-state index is 13.6. The minimum Gasteiger partial charge on any atom is -0.490 e. The summed E-state index contributed by atoms with van der Waals surface area (Å²) in [7, 11) is 0. The van der Waals surface area contributed by atoms with E-state index in [2.05, 4.69) is 10.6 Å². The van der Waals surface area contributed by atoms with Crippen LogP contribution in [-0.2, 0) is 0 Å². The largest absolute Gasteiger partial charge is 0.490 e. The van der Waals surface area contributed by atoms with Gasteiger partial charge < -0.3 is 15.4 Å². The predicted molar refractivity (Wildman–Crippen MR) is 78.2 cm³/mol. The van der Waals surface area contributed by atoms with Crippen molar-refractivity contribution < 1.29 is 13.9 Å². The highest BCUT2D eigenvalue weighted by Crippen LogP contribution is 2.22. The van der Waals surface area contributed by atoms with E-state index in [4.69, 9.17) is 4.74 Å². The van der Waals surface area contributed by atoms with E-state index in [9.17, 15) is 9.18 Å². The molecule has 1 saturated heterocycles. The molecular formula is C14H20ClFN2O2. The highest BCUT2D eigenvalue weighted by molar-refractivity contribution is 5.97. The van der Waals surface area contributed by atoms with Gasteiger partial charge in [0.15, 0.2) is 11.6 Å². The van der Waals surface area contributed by atoms with Crippen molar-refractivity contribution in [3.8, 4) is 5.75 Å². The van der Waals surface area contributed by atoms with Gasteiger partial charge in [-0.2, -0.15) is 0 Å². The topological polar surface area (TPSA) is 50.4 Å². The quantitative estimate of drug-likeness (QED) is 0.876. The number of hydrogen-bond acceptors (Lipinski definition) is 3. The van der Waals surface area contributed by atoms with Crippen LogP contribution >= 0.6 is 12.4 Å². The summed E-state index contributed by atoms with van der Waals surface area (Å²) in [4.78, 5) is 12.1. The molecule has 0 bridgehead atoms. The van der Waals surface area contributed by atoms with Crippen LogP contribution in [0.15, 0.2) is 18.2 Å². The summed E-state index contributed by atoms with van der Waals surface area (Å²) in [5.74, 6) is -0.771. The van der Waals surface area contributed by atoms with E-state index in [1.54, 1.807) is 13.0 Å². The van der Waals surface area contributed by atoms with Gasteiger partial charge in [-0.1, -0.05) is 6.07 Å². The Morgan fingerprint density at radius 3 is 3.00 bits per heavy atom. The molecule has 0 spiro atoms. The number of benzene rings is 1. The third-order valence-electron chi connectivity index (χ3n) is 3.17. The van der Waals surface area contributed by atoms with E-state index < -0.39 is 5.82 Å². The first-order chi connectivity index (χ1) is 9.22. The monoisotopic (exact) mass is 302 g/mol. The Hall–Kier alpha value is -1.33. The molecule has 112 valence electrons. The fourth-order valence-corrected chi connectivity index (χ4v) is 2.22. The average Bonchev–Trinajstić information content (AvgIpc) is 2.92. The molecule has 1 aliphatic heterocycles. The zero-order valence-corrected chi connectivity index (χ0v) is 12.3. The average molecular weight is 303 g/mol. The van der Waals surface area contributed by atoms with Crippen LogP contribution in [0.1, 0.15) is 30.1 Å². The molecule has 2 N–H and O–H groups in total. The fraction of sp³-hybridized carbons (Fsp3) is 0.500. The van der Waals surface area contributed by atoms with E-state index in [0.29, 0.717) is 19.2 Å². The van der Waals surface area contributed by atoms with E-state index in [0.717, 1.165) is 19.4 Å². The summed E-state index contributed by atoms with van der Waals surface area (Å²) < 4.78 is 18.8. The Balaban J connectivity index is 0.00000200. The first kappa shape index (κ1) is 16.7. The van der Waals surface area contributed by atoms with Crippen molar-refractivity contribution in [2.24, 2.45) is 0 Å². The number of amides is 1. The fourth-order valence-electron chi connectivity index (χ4n) is 2.22. The summed E-state index contributed by atoms with van der Waals surface area (Å²) in [6.07, 6.45) is 2.19. The van der Waals surface area contributed by atoms with Gasteiger partial charge in [-0.25, -0.2) is 4.39 Å². The van der Waals surface area contributed by atoms with Crippen molar-refractivity contribution in [3.05, 3.63) is 29.6 Å². The third kappa shape index (κ3) is 4.08. The molecule has 1 unspecified atom stereocenters. The second-order valence-electron chi connectivity index (χ2n) is 4.55. The number of carbonyl (C=O) groups excluding carboxylic acids is 1. The second-order valence-corrected chi connectivity index (χ2v) is 4.55. The van der Waals surface area contributed by atoms with Gasteiger partial charge in [-0.15, -0.1) is 12.4 Å². The van der Waals surface area contributed by atoms with Gasteiger partial charge in [0.2, 0.25) is 0 Å². The van der Waals surface area contributed by atoms with Crippen LogP contribution < -0.4 is 15.4 Å². The molecule has 0 aromatic heterocycles. The van der Waals surface area contributed by atoms with Gasteiger partial charge in [-0.3, -0.25) is 4.79 Å². The molecule has 1 fully saturated rings. The lowest BCUT2D eigenvalue weighted by Gasteiger charge is -2.14. The minimum absolute atomic E-state index is 0. The third-order valence-corrected chi connectivity index (χ3v) is 3.17. The van der Waals surface area contributed by atoms with E-state index in [1.165, 1.54) is 12.1 Å². The van der Waals surface area contributed by atoms with Crippen LogP contribution in [-0.4, -0.2) is 31.6 Å². The van der Waals surface area contributed by atoms with Crippen LogP contribution in [0, 0.1) is 5.82 Å². The van der Waals surface area contributed by atoms with Crippen molar-refractivity contribution in [3.63, 3.8) is 0 Å². The van der Waals surface area contributed by atoms with E-state index >= 15 is 0 Å². The van der Waals surface area contributed by atoms with Crippen LogP contribution in [0.4, 0.5) is 4.39 Å². The molecule has 2 rings (SSSR count). The molecule has 0 radical (unpaired) electrons. The number of carbonyl (C=O) groups is 1. The Morgan fingerprint density at radius 2 is 2.35 bits per heavy atom. The van der Waals surface area contributed by atoms with Gasteiger partial charge in [0, 0.05) is 12.6 Å². The van der Waals surface area contributed by atoms with Gasteiger partial charge in [0.25, 0.3) is 5.91 Å². The number of rotatable bonds is 5. The van der Waals surface area contributed by atoms with Gasteiger partial charge in [0.05, 0.1) is 12.2 Å². The molecule has 4 nitrogen and oxygen atoms in total. The molecule has 0 aliphatic carbocycles. The Morgan fingerprint density at radius 1 is 1.55 bits per heavy atom. The van der Waals surface area contributed by atoms with Gasteiger partial charge in [0.1, 0.15) is 0 Å². The Labute approximate surface area is 124 Å². The summed E-state index contributed by atoms with van der Waals surface area (Å²) >= 11 is 0. The standard InChI is InChI=1S/C14H19FN2O2.ClH/c1-2-19-13-11(6-3-7-12(13)15)14(18)17-9-10-5-4-8-16-10;/h3,6-7,10,16H,2,4-5,8-9H2,1H3,(H,17,18);1H. The predicted octanol–water partition coefficient (Wildman–Crippen LogP) is 2.13. The lowest BCUT2D eigenvalue weighted by atomic mass is 10.1. The van der Waals surface area contributed by atoms with Crippen molar-refractivity contribution >= 4 is 18.3 Å². The smallest absolute Gasteiger partial charge is 0.255 e. The maximum Gasteiger partial charge on any atom is 0.255 e. The van der Waals surface area contributed by atoms with Crippen molar-refractivity contribution in [2.75, 3.05) is 19.7 Å². The summed E-state index contributed by atoms with van der Waals surface area (Å²) in [5, 5.41) is 6.11. The zero-order valence-electron chi connectivity index (χ0n) is 11.4. The summed E-state index contributed by atoms with van der Waals surface area (Å²) in [6, 6.07) is 4.69. The lowest BCUT2D eigenvalue weighted by Crippen LogP contribution is -2.37. The first-order valence-electron chi connectivity index (χ1n) is 6.65. The lowest BCUT2D eigenvalue weighted by molar-refractivity contribution is 0.0945. The number of nitrogens with one attached hydrogen (secondary N) is 2. The van der Waals surface area contributed by atoms with Crippen LogP contribution in [0.25, 0.3) is 0 Å². The highest BCUT2D eigenvalue weighted by Gasteiger charge is 2.19. The van der Waals surface area contributed by atoms with Gasteiger partial charge >= 0.3 is 0 Å². The highest BCUT2D eigenvalue weighted by atomic mass is 35.5. The molecule has 1 aliphatic rings. The van der Waals surface area contributed by atoms with E-state index in [1.807, 2.05) is 0 Å². The first-order valence-corrected chi connectivity index (χ1v) is 6.65. The zero-order chi connectivity index (χ0) is 13.7. The molecule has 1 heterocycles. The molecule has 1 amide bonds. The van der Waals surface area contributed by atoms with Crippen LogP contribution in [0.5, 0.6) is 5.75 Å². The van der Waals surface area contributed by atoms with Crippen LogP contribution in [0.2, 0.25) is 0 Å². The normalized spacial score (nSPS) is 17.4. The molecule has 6 heteroatoms. The molecule has 20 heavy (non-hydrogen) atoms. The number of ether oxygens (including phenoxy) is 1. The molecule has 0 saturated carbocycles. The van der Waals surface area contributed by atoms with Crippen molar-refractivity contribution in [1.29, 1.82) is 0 Å². The molecule has 1 aromatic carbocycles. The maximum absolute atomic E-state index is 13.6. The Bertz CT molecular complexity index is 451. The number of para-hydroxylation sites is 1. The number of halogens is 2. The summed E-state index contributed by atoms with van der Waals surface area (Å²) in [5.41, 5.74) is 0.250. The Kier molecular flexibility index (Phi) is 6.75. The minimum atomic E-state index is -0.506. The van der Waals surface area contributed by atoms with Crippen molar-refractivity contribution in [2.45, 2.75) is 25.8 Å². The number of hydrogen-bond donors (Lipinski definition) is 2. The molecule has 1 aromatic rings. The molecule has 1 atom stereocenters. The summed E-state index contributed by atoms with van der Waals surface area (Å²) in [6.45, 7) is 3.63. The SMILES string of the molecule is CCOc1c(F)cccc1C(=O)NCC1CCCN1.Cl. The molecular weight excluding hydrogens is 283 g/mol. The second kappa shape index (κ2) is 8.07. The van der Waals surface area contributed by atoms with Crippen molar-refractivity contribution in [1.82, 2.24) is 10.6 Å². The van der Waals surface area contributed by atoms with Crippen LogP contribution in [0.3, 0.4) is 0 Å².